The molecule has 140 valence electrons. The molecule has 0 spiro atoms. The molecular formula is C19H20N4O3S. The first-order valence-electron chi connectivity index (χ1n) is 8.59. The second kappa shape index (κ2) is 7.84. The van der Waals surface area contributed by atoms with E-state index in [1.807, 2.05) is 36.6 Å². The minimum atomic E-state index is -0.679. The Bertz CT molecular complexity index is 1030. The number of hydrogen-bond acceptors (Lipinski definition) is 5. The normalized spacial score (nSPS) is 12.5. The van der Waals surface area contributed by atoms with E-state index in [1.165, 1.54) is 9.47 Å². The first kappa shape index (κ1) is 19.0. The van der Waals surface area contributed by atoms with Crippen LogP contribution in [0.25, 0.3) is 0 Å². The Morgan fingerprint density at radius 2 is 2.00 bits per heavy atom. The fourth-order valence-electron chi connectivity index (χ4n) is 3.24. The lowest BCUT2D eigenvalue weighted by Crippen LogP contribution is -2.45. The molecule has 8 heteroatoms. The number of likely N-dealkylation sites (N-methyl/N-ethyl adjacent to an activating group) is 1. The van der Waals surface area contributed by atoms with Crippen LogP contribution in [0.5, 0.6) is 0 Å². The number of carbonyl (C=O) groups excluding carboxylic acids is 1. The number of carbonyl (C=O) groups is 1. The van der Waals surface area contributed by atoms with E-state index in [0.717, 1.165) is 15.0 Å². The van der Waals surface area contributed by atoms with Crippen LogP contribution in [-0.2, 0) is 30.8 Å². The Morgan fingerprint density at radius 1 is 1.30 bits per heavy atom. The van der Waals surface area contributed by atoms with Crippen LogP contribution in [0.1, 0.15) is 23.2 Å². The van der Waals surface area contributed by atoms with Crippen LogP contribution >= 0.6 is 11.8 Å². The summed E-state index contributed by atoms with van der Waals surface area (Å²) in [5.41, 5.74) is 0.215. The van der Waals surface area contributed by atoms with Gasteiger partial charge in [0.05, 0.1) is 0 Å². The van der Waals surface area contributed by atoms with Crippen molar-refractivity contribution < 1.29 is 4.79 Å². The number of rotatable bonds is 5. The lowest BCUT2D eigenvalue weighted by Gasteiger charge is -2.18. The third-order valence-corrected chi connectivity index (χ3v) is 5.48. The highest BCUT2D eigenvalue weighted by atomic mass is 32.2. The van der Waals surface area contributed by atoms with Crippen LogP contribution in [0, 0.1) is 11.3 Å². The Kier molecular flexibility index (Phi) is 5.51. The van der Waals surface area contributed by atoms with E-state index in [2.05, 4.69) is 0 Å². The molecule has 0 saturated carbocycles. The number of aromatic nitrogens is 2. The van der Waals surface area contributed by atoms with E-state index in [1.54, 1.807) is 18.8 Å². The Hall–Kier alpha value is -2.79. The van der Waals surface area contributed by atoms with E-state index in [9.17, 15) is 19.6 Å². The predicted octanol–water partition coefficient (Wildman–Crippen LogP) is 1.21. The minimum Gasteiger partial charge on any atom is -0.340 e. The van der Waals surface area contributed by atoms with Crippen LogP contribution in [0.15, 0.2) is 38.8 Å². The SMILES string of the molecule is CSc1ccc(CN(C)C(=O)Cn2c(=O)c(C#N)c3n(c2=O)CCC3)cc1. The first-order chi connectivity index (χ1) is 13.0. The van der Waals surface area contributed by atoms with Crippen molar-refractivity contribution in [2.24, 2.45) is 0 Å². The summed E-state index contributed by atoms with van der Waals surface area (Å²) < 4.78 is 2.32. The van der Waals surface area contributed by atoms with Crippen molar-refractivity contribution in [3.05, 3.63) is 61.9 Å². The predicted molar refractivity (Wildman–Crippen MR) is 103 cm³/mol. The van der Waals surface area contributed by atoms with Gasteiger partial charge in [0.25, 0.3) is 5.56 Å². The molecule has 0 unspecified atom stereocenters. The second-order valence-electron chi connectivity index (χ2n) is 6.46. The molecule has 0 saturated heterocycles. The zero-order chi connectivity index (χ0) is 19.6. The zero-order valence-corrected chi connectivity index (χ0v) is 16.1. The Morgan fingerprint density at radius 3 is 2.63 bits per heavy atom. The smallest absolute Gasteiger partial charge is 0.331 e. The molecule has 7 nitrogen and oxygen atoms in total. The van der Waals surface area contributed by atoms with Crippen LogP contribution in [0.3, 0.4) is 0 Å². The van der Waals surface area contributed by atoms with Gasteiger partial charge in [-0.05, 0) is 36.8 Å². The lowest BCUT2D eigenvalue weighted by atomic mass is 10.2. The maximum Gasteiger partial charge on any atom is 0.331 e. The lowest BCUT2D eigenvalue weighted by molar-refractivity contribution is -0.131. The molecule has 2 heterocycles. The first-order valence-corrected chi connectivity index (χ1v) is 9.82. The van der Waals surface area contributed by atoms with E-state index in [0.29, 0.717) is 31.6 Å². The van der Waals surface area contributed by atoms with Gasteiger partial charge in [-0.25, -0.2) is 9.36 Å². The fourth-order valence-corrected chi connectivity index (χ4v) is 3.65. The molecule has 0 N–H and O–H groups in total. The van der Waals surface area contributed by atoms with Gasteiger partial charge in [-0.1, -0.05) is 12.1 Å². The monoisotopic (exact) mass is 384 g/mol. The molecule has 0 bridgehead atoms. The van der Waals surface area contributed by atoms with Crippen LogP contribution in [0.4, 0.5) is 0 Å². The summed E-state index contributed by atoms with van der Waals surface area (Å²) in [7, 11) is 1.63. The van der Waals surface area contributed by atoms with Gasteiger partial charge >= 0.3 is 5.69 Å². The fraction of sp³-hybridized carbons (Fsp3) is 0.368. The highest BCUT2D eigenvalue weighted by Gasteiger charge is 2.24. The molecule has 0 radical (unpaired) electrons. The standard InChI is InChI=1S/C19H20N4O3S/c1-21(11-13-5-7-14(27-2)8-6-13)17(24)12-23-18(25)15(10-20)16-4-3-9-22(16)19(23)26/h5-8H,3-4,9,11-12H2,1-2H3. The van der Waals surface area contributed by atoms with Gasteiger partial charge in [0.1, 0.15) is 18.2 Å². The summed E-state index contributed by atoms with van der Waals surface area (Å²) in [4.78, 5) is 40.3. The topological polar surface area (TPSA) is 88.1 Å². The van der Waals surface area contributed by atoms with Gasteiger partial charge < -0.3 is 4.90 Å². The minimum absolute atomic E-state index is 0.0322. The molecule has 3 rings (SSSR count). The van der Waals surface area contributed by atoms with E-state index in [-0.39, 0.29) is 18.0 Å². The molecule has 2 aromatic rings. The third-order valence-electron chi connectivity index (χ3n) is 4.74. The van der Waals surface area contributed by atoms with Crippen LogP contribution in [0.2, 0.25) is 0 Å². The van der Waals surface area contributed by atoms with Gasteiger partial charge in [-0.3, -0.25) is 14.2 Å². The molecule has 1 aliphatic rings. The molecule has 0 atom stereocenters. The number of thioether (sulfide) groups is 1. The average molecular weight is 384 g/mol. The maximum atomic E-state index is 12.6. The number of fused-ring (bicyclic) bond motifs is 1. The summed E-state index contributed by atoms with van der Waals surface area (Å²) in [6.07, 6.45) is 3.24. The number of amides is 1. The van der Waals surface area contributed by atoms with Crippen LogP contribution < -0.4 is 11.2 Å². The molecule has 1 aromatic heterocycles. The summed E-state index contributed by atoms with van der Waals surface area (Å²) in [5.74, 6) is -0.356. The molecule has 27 heavy (non-hydrogen) atoms. The highest BCUT2D eigenvalue weighted by molar-refractivity contribution is 7.98. The number of nitrogens with zero attached hydrogens (tertiary/aromatic N) is 4. The summed E-state index contributed by atoms with van der Waals surface area (Å²) in [6.45, 7) is 0.473. The molecule has 1 amide bonds. The van der Waals surface area contributed by atoms with E-state index in [4.69, 9.17) is 0 Å². The van der Waals surface area contributed by atoms with Crippen LogP contribution in [-0.4, -0.2) is 33.2 Å². The molecular weight excluding hydrogens is 364 g/mol. The quantitative estimate of drug-likeness (QED) is 0.723. The maximum absolute atomic E-state index is 12.6. The Labute approximate surface area is 160 Å². The Balaban J connectivity index is 1.82. The molecule has 1 aromatic carbocycles. The summed E-state index contributed by atoms with van der Waals surface area (Å²) >= 11 is 1.64. The number of benzene rings is 1. The van der Waals surface area contributed by atoms with Crippen molar-refractivity contribution in [3.8, 4) is 6.07 Å². The van der Waals surface area contributed by atoms with E-state index < -0.39 is 11.2 Å². The van der Waals surface area contributed by atoms with Gasteiger partial charge in [0.15, 0.2) is 0 Å². The third kappa shape index (κ3) is 3.69. The average Bonchev–Trinajstić information content (AvgIpc) is 3.15. The van der Waals surface area contributed by atoms with Gasteiger partial charge in [-0.15, -0.1) is 11.8 Å². The van der Waals surface area contributed by atoms with Gasteiger partial charge in [0.2, 0.25) is 5.91 Å². The molecule has 0 aliphatic carbocycles. The highest BCUT2D eigenvalue weighted by Crippen LogP contribution is 2.16. The zero-order valence-electron chi connectivity index (χ0n) is 15.3. The molecule has 1 aliphatic heterocycles. The van der Waals surface area contributed by atoms with Crippen molar-refractivity contribution in [2.75, 3.05) is 13.3 Å². The van der Waals surface area contributed by atoms with Gasteiger partial charge in [-0.2, -0.15) is 5.26 Å². The van der Waals surface area contributed by atoms with Crippen molar-refractivity contribution in [1.82, 2.24) is 14.0 Å². The van der Waals surface area contributed by atoms with Crippen molar-refractivity contribution in [3.63, 3.8) is 0 Å². The van der Waals surface area contributed by atoms with Crippen molar-refractivity contribution >= 4 is 17.7 Å². The van der Waals surface area contributed by atoms with Crippen molar-refractivity contribution in [1.29, 1.82) is 5.26 Å². The largest absolute Gasteiger partial charge is 0.340 e. The number of nitriles is 1. The van der Waals surface area contributed by atoms with Crippen molar-refractivity contribution in [2.45, 2.75) is 37.4 Å². The molecule has 0 fully saturated rings. The summed E-state index contributed by atoms with van der Waals surface area (Å²) in [6, 6.07) is 9.75. The summed E-state index contributed by atoms with van der Waals surface area (Å²) in [5, 5.41) is 9.30. The van der Waals surface area contributed by atoms with E-state index >= 15 is 0 Å². The number of hydrogen-bond donors (Lipinski definition) is 0. The second-order valence-corrected chi connectivity index (χ2v) is 7.34. The van der Waals surface area contributed by atoms with Gasteiger partial charge in [0, 0.05) is 30.7 Å².